The topological polar surface area (TPSA) is 38.3 Å². The van der Waals surface area contributed by atoms with Crippen LogP contribution in [0.4, 0.5) is 5.69 Å². The fraction of sp³-hybridized carbons (Fsp3) is 0.188. The Labute approximate surface area is 144 Å². The Bertz CT molecular complexity index is 689. The normalized spacial score (nSPS) is 10.4. The van der Waals surface area contributed by atoms with Crippen molar-refractivity contribution in [2.75, 3.05) is 11.9 Å². The van der Waals surface area contributed by atoms with Crippen molar-refractivity contribution in [3.63, 3.8) is 0 Å². The van der Waals surface area contributed by atoms with E-state index in [1.54, 1.807) is 36.4 Å². The van der Waals surface area contributed by atoms with E-state index in [0.29, 0.717) is 33.7 Å². The SMILES string of the molecule is CCCOc1ccc(Cl)cc1C(=O)Nc1cccc(Cl)c1Cl. The minimum absolute atomic E-state index is 0.288. The molecule has 0 atom stereocenters. The molecule has 116 valence electrons. The molecule has 0 aliphatic carbocycles. The van der Waals surface area contributed by atoms with Crippen LogP contribution in [0.15, 0.2) is 36.4 Å². The first-order chi connectivity index (χ1) is 10.5. The highest BCUT2D eigenvalue weighted by atomic mass is 35.5. The highest BCUT2D eigenvalue weighted by Gasteiger charge is 2.15. The Morgan fingerprint density at radius 2 is 1.95 bits per heavy atom. The number of benzene rings is 2. The van der Waals surface area contributed by atoms with Gasteiger partial charge in [0, 0.05) is 5.02 Å². The van der Waals surface area contributed by atoms with E-state index in [-0.39, 0.29) is 10.9 Å². The molecule has 0 radical (unpaired) electrons. The first kappa shape index (κ1) is 16.9. The Hall–Kier alpha value is -1.42. The van der Waals surface area contributed by atoms with E-state index >= 15 is 0 Å². The van der Waals surface area contributed by atoms with Gasteiger partial charge in [0.1, 0.15) is 5.75 Å². The van der Waals surface area contributed by atoms with Gasteiger partial charge in [-0.3, -0.25) is 4.79 Å². The summed E-state index contributed by atoms with van der Waals surface area (Å²) in [6.07, 6.45) is 0.837. The van der Waals surface area contributed by atoms with Crippen molar-refractivity contribution < 1.29 is 9.53 Å². The van der Waals surface area contributed by atoms with Gasteiger partial charge in [0.05, 0.1) is 27.9 Å². The first-order valence-electron chi connectivity index (χ1n) is 6.70. The number of hydrogen-bond donors (Lipinski definition) is 1. The van der Waals surface area contributed by atoms with E-state index in [9.17, 15) is 4.79 Å². The summed E-state index contributed by atoms with van der Waals surface area (Å²) < 4.78 is 5.58. The number of nitrogens with one attached hydrogen (secondary N) is 1. The van der Waals surface area contributed by atoms with Gasteiger partial charge < -0.3 is 10.1 Å². The van der Waals surface area contributed by atoms with Gasteiger partial charge in [-0.15, -0.1) is 0 Å². The van der Waals surface area contributed by atoms with Crippen molar-refractivity contribution in [1.82, 2.24) is 0 Å². The monoisotopic (exact) mass is 357 g/mol. The molecule has 1 N–H and O–H groups in total. The number of rotatable bonds is 5. The summed E-state index contributed by atoms with van der Waals surface area (Å²) in [5, 5.41) is 3.82. The van der Waals surface area contributed by atoms with Gasteiger partial charge in [-0.1, -0.05) is 47.8 Å². The molecular formula is C16H14Cl3NO2. The molecule has 0 saturated carbocycles. The highest BCUT2D eigenvalue weighted by Crippen LogP contribution is 2.31. The molecule has 0 bridgehead atoms. The number of hydrogen-bond acceptors (Lipinski definition) is 2. The molecule has 2 aromatic carbocycles. The maximum Gasteiger partial charge on any atom is 0.259 e. The van der Waals surface area contributed by atoms with Crippen LogP contribution in [-0.4, -0.2) is 12.5 Å². The highest BCUT2D eigenvalue weighted by molar-refractivity contribution is 6.44. The van der Waals surface area contributed by atoms with Gasteiger partial charge in [0.15, 0.2) is 0 Å². The van der Waals surface area contributed by atoms with Crippen LogP contribution in [0, 0.1) is 0 Å². The van der Waals surface area contributed by atoms with Crippen molar-refractivity contribution in [3.8, 4) is 5.75 Å². The van der Waals surface area contributed by atoms with Crippen molar-refractivity contribution in [2.24, 2.45) is 0 Å². The van der Waals surface area contributed by atoms with Crippen molar-refractivity contribution in [1.29, 1.82) is 0 Å². The molecule has 0 unspecified atom stereocenters. The Kier molecular flexibility index (Phi) is 5.95. The van der Waals surface area contributed by atoms with Crippen molar-refractivity contribution >= 4 is 46.4 Å². The molecule has 0 aliphatic heterocycles. The van der Waals surface area contributed by atoms with E-state index in [2.05, 4.69) is 5.32 Å². The summed E-state index contributed by atoms with van der Waals surface area (Å²) in [5.41, 5.74) is 0.776. The van der Waals surface area contributed by atoms with Crippen LogP contribution in [0.1, 0.15) is 23.7 Å². The number of amides is 1. The minimum atomic E-state index is -0.363. The molecule has 22 heavy (non-hydrogen) atoms. The maximum absolute atomic E-state index is 12.5. The van der Waals surface area contributed by atoms with E-state index in [1.165, 1.54) is 0 Å². The van der Waals surface area contributed by atoms with Crippen LogP contribution in [0.2, 0.25) is 15.1 Å². The van der Waals surface area contributed by atoms with Crippen LogP contribution in [-0.2, 0) is 0 Å². The number of anilines is 1. The quantitative estimate of drug-likeness (QED) is 0.746. The summed E-state index contributed by atoms with van der Waals surface area (Å²) in [7, 11) is 0. The minimum Gasteiger partial charge on any atom is -0.493 e. The molecule has 0 fully saturated rings. The van der Waals surface area contributed by atoms with Crippen molar-refractivity contribution in [2.45, 2.75) is 13.3 Å². The first-order valence-corrected chi connectivity index (χ1v) is 7.84. The molecule has 1 amide bonds. The second-order valence-electron chi connectivity index (χ2n) is 4.54. The zero-order chi connectivity index (χ0) is 16.1. The molecule has 3 nitrogen and oxygen atoms in total. The third-order valence-electron chi connectivity index (χ3n) is 2.85. The van der Waals surface area contributed by atoms with E-state index < -0.39 is 0 Å². The zero-order valence-corrected chi connectivity index (χ0v) is 14.1. The Morgan fingerprint density at radius 1 is 1.18 bits per heavy atom. The lowest BCUT2D eigenvalue weighted by Gasteiger charge is -2.12. The second-order valence-corrected chi connectivity index (χ2v) is 5.77. The van der Waals surface area contributed by atoms with Gasteiger partial charge in [0.25, 0.3) is 5.91 Å². The largest absolute Gasteiger partial charge is 0.493 e. The fourth-order valence-corrected chi connectivity index (χ4v) is 2.33. The van der Waals surface area contributed by atoms with Crippen LogP contribution in [0.3, 0.4) is 0 Å². The van der Waals surface area contributed by atoms with Gasteiger partial charge in [0.2, 0.25) is 0 Å². The number of carbonyl (C=O) groups excluding carboxylic acids is 1. The summed E-state index contributed by atoms with van der Waals surface area (Å²) >= 11 is 18.0. The number of halogens is 3. The summed E-state index contributed by atoms with van der Waals surface area (Å²) in [6, 6.07) is 9.93. The van der Waals surface area contributed by atoms with Crippen molar-refractivity contribution in [3.05, 3.63) is 57.0 Å². The second kappa shape index (κ2) is 7.73. The van der Waals surface area contributed by atoms with E-state index in [4.69, 9.17) is 39.5 Å². The van der Waals surface area contributed by atoms with Gasteiger partial charge in [-0.2, -0.15) is 0 Å². The van der Waals surface area contributed by atoms with Crippen LogP contribution in [0.25, 0.3) is 0 Å². The molecule has 0 saturated heterocycles. The summed E-state index contributed by atoms with van der Waals surface area (Å²) in [4.78, 5) is 12.5. The fourth-order valence-electron chi connectivity index (χ4n) is 1.81. The zero-order valence-electron chi connectivity index (χ0n) is 11.8. The van der Waals surface area contributed by atoms with Crippen LogP contribution < -0.4 is 10.1 Å². The van der Waals surface area contributed by atoms with Crippen LogP contribution in [0.5, 0.6) is 5.75 Å². The van der Waals surface area contributed by atoms with Gasteiger partial charge in [-0.25, -0.2) is 0 Å². The van der Waals surface area contributed by atoms with E-state index in [1.807, 2.05) is 6.92 Å². The molecule has 0 spiro atoms. The van der Waals surface area contributed by atoms with E-state index in [0.717, 1.165) is 6.42 Å². The predicted molar refractivity (Wildman–Crippen MR) is 91.7 cm³/mol. The summed E-state index contributed by atoms with van der Waals surface area (Å²) in [5.74, 6) is 0.111. The Morgan fingerprint density at radius 3 is 2.68 bits per heavy atom. The molecular weight excluding hydrogens is 345 g/mol. The van der Waals surface area contributed by atoms with Gasteiger partial charge in [-0.05, 0) is 36.8 Å². The standard InChI is InChI=1S/C16H14Cl3NO2/c1-2-8-22-14-7-6-10(17)9-11(14)16(21)20-13-5-3-4-12(18)15(13)19/h3-7,9H,2,8H2,1H3,(H,20,21). The molecule has 0 heterocycles. The Balaban J connectivity index is 2.28. The predicted octanol–water partition coefficient (Wildman–Crippen LogP) is 5.69. The molecule has 0 aliphatic rings. The number of ether oxygens (including phenoxy) is 1. The summed E-state index contributed by atoms with van der Waals surface area (Å²) in [6.45, 7) is 2.50. The lowest BCUT2D eigenvalue weighted by molar-refractivity contribution is 0.102. The molecule has 0 aromatic heterocycles. The van der Waals surface area contributed by atoms with Crippen LogP contribution >= 0.6 is 34.8 Å². The molecule has 2 rings (SSSR count). The average molecular weight is 359 g/mol. The van der Waals surface area contributed by atoms with Gasteiger partial charge >= 0.3 is 0 Å². The average Bonchev–Trinajstić information content (AvgIpc) is 2.50. The smallest absolute Gasteiger partial charge is 0.259 e. The maximum atomic E-state index is 12.5. The third-order valence-corrected chi connectivity index (χ3v) is 3.90. The lowest BCUT2D eigenvalue weighted by atomic mass is 10.1. The molecule has 2 aromatic rings. The third kappa shape index (κ3) is 4.07. The lowest BCUT2D eigenvalue weighted by Crippen LogP contribution is -2.14. The molecule has 6 heteroatoms. The number of carbonyl (C=O) groups is 1.